The lowest BCUT2D eigenvalue weighted by molar-refractivity contribution is -0.118. The Balaban J connectivity index is 1.56. The molecule has 1 N–H and O–H groups in total. The van der Waals surface area contributed by atoms with Gasteiger partial charge in [-0.05, 0) is 30.2 Å². The van der Waals surface area contributed by atoms with Crippen LogP contribution in [0.5, 0.6) is 0 Å². The Morgan fingerprint density at radius 2 is 2.04 bits per heavy atom. The summed E-state index contributed by atoms with van der Waals surface area (Å²) >= 11 is 5.79. The number of aryl methyl sites for hydroxylation is 1. The van der Waals surface area contributed by atoms with Crippen molar-refractivity contribution in [3.05, 3.63) is 59.1 Å². The van der Waals surface area contributed by atoms with Crippen LogP contribution in [0.3, 0.4) is 0 Å². The van der Waals surface area contributed by atoms with Crippen molar-refractivity contribution in [2.45, 2.75) is 19.3 Å². The van der Waals surface area contributed by atoms with E-state index in [1.165, 1.54) is 0 Å². The highest BCUT2D eigenvalue weighted by Crippen LogP contribution is 2.33. The predicted molar refractivity (Wildman–Crippen MR) is 101 cm³/mol. The molecule has 1 aliphatic heterocycles. The van der Waals surface area contributed by atoms with Gasteiger partial charge in [-0.15, -0.1) is 0 Å². The second kappa shape index (κ2) is 7.28. The molecule has 136 valence electrons. The van der Waals surface area contributed by atoms with Gasteiger partial charge in [-0.3, -0.25) is 24.6 Å². The molecule has 0 fully saturated rings. The summed E-state index contributed by atoms with van der Waals surface area (Å²) in [4.78, 5) is 34.8. The molecular weight excluding hydrogens is 366 g/mol. The molecule has 1 aliphatic rings. The zero-order valence-corrected chi connectivity index (χ0v) is 15.1. The maximum atomic E-state index is 12.8. The molecule has 0 unspecified atom stereocenters. The number of nitrogens with zero attached hydrogens (tertiary/aromatic N) is 4. The molecule has 3 aromatic heterocycles. The van der Waals surface area contributed by atoms with Crippen molar-refractivity contribution in [2.24, 2.45) is 0 Å². The minimum absolute atomic E-state index is 0.0171. The molecule has 1 amide bonds. The summed E-state index contributed by atoms with van der Waals surface area (Å²) in [5, 5.41) is 7.59. The Hall–Kier alpha value is -3.06. The number of pyridine rings is 2. The number of H-pyrrole nitrogens is 1. The SMILES string of the molecule is O=C1CCN(C(=O)CCc2ccc(Cl)nc2)c2n[nH]c(-c3ccncc3)c21. The fourth-order valence-corrected chi connectivity index (χ4v) is 3.26. The quantitative estimate of drug-likeness (QED) is 0.701. The van der Waals surface area contributed by atoms with Gasteiger partial charge < -0.3 is 0 Å². The van der Waals surface area contributed by atoms with Crippen molar-refractivity contribution in [1.29, 1.82) is 0 Å². The predicted octanol–water partition coefficient (Wildman–Crippen LogP) is 3.07. The number of carbonyl (C=O) groups excluding carboxylic acids is 2. The van der Waals surface area contributed by atoms with Crippen molar-refractivity contribution < 1.29 is 9.59 Å². The zero-order chi connectivity index (χ0) is 18.8. The smallest absolute Gasteiger partial charge is 0.228 e. The monoisotopic (exact) mass is 381 g/mol. The lowest BCUT2D eigenvalue weighted by Crippen LogP contribution is -2.37. The Bertz CT molecular complexity index is 985. The number of carbonyl (C=O) groups is 2. The van der Waals surface area contributed by atoms with Crippen LogP contribution in [0.25, 0.3) is 11.3 Å². The first-order valence-corrected chi connectivity index (χ1v) is 8.94. The molecule has 27 heavy (non-hydrogen) atoms. The first kappa shape index (κ1) is 17.4. The molecule has 0 saturated heterocycles. The van der Waals surface area contributed by atoms with Gasteiger partial charge in [0.05, 0.1) is 11.3 Å². The van der Waals surface area contributed by atoms with Crippen molar-refractivity contribution >= 4 is 29.1 Å². The van der Waals surface area contributed by atoms with Gasteiger partial charge in [0.25, 0.3) is 0 Å². The van der Waals surface area contributed by atoms with Gasteiger partial charge in [-0.1, -0.05) is 17.7 Å². The molecule has 7 nitrogen and oxygen atoms in total. The van der Waals surface area contributed by atoms with E-state index in [0.717, 1.165) is 11.1 Å². The minimum atomic E-state index is -0.0773. The van der Waals surface area contributed by atoms with Gasteiger partial charge in [0.15, 0.2) is 11.6 Å². The number of ketones is 1. The van der Waals surface area contributed by atoms with Gasteiger partial charge >= 0.3 is 0 Å². The van der Waals surface area contributed by atoms with Crippen LogP contribution in [0.15, 0.2) is 42.9 Å². The maximum Gasteiger partial charge on any atom is 0.228 e. The summed E-state index contributed by atoms with van der Waals surface area (Å²) in [6, 6.07) is 7.16. The average molecular weight is 382 g/mol. The van der Waals surface area contributed by atoms with Gasteiger partial charge in [0.1, 0.15) is 5.15 Å². The number of amides is 1. The van der Waals surface area contributed by atoms with Crippen LogP contribution in [0.1, 0.15) is 28.8 Å². The maximum absolute atomic E-state index is 12.8. The summed E-state index contributed by atoms with van der Waals surface area (Å²) in [5.41, 5.74) is 2.83. The molecule has 0 atom stereocenters. The van der Waals surface area contributed by atoms with Gasteiger partial charge in [0, 0.05) is 43.5 Å². The lowest BCUT2D eigenvalue weighted by atomic mass is 9.99. The Labute approximate surface area is 160 Å². The van der Waals surface area contributed by atoms with E-state index in [2.05, 4.69) is 20.2 Å². The van der Waals surface area contributed by atoms with E-state index in [1.807, 2.05) is 6.07 Å². The standard InChI is InChI=1S/C19H16ClN5O2/c20-15-3-1-12(11-22-15)2-4-16(27)25-10-7-14(26)17-18(23-24-19(17)25)13-5-8-21-9-6-13/h1,3,5-6,8-9,11H,2,4,7,10H2,(H,23,24). The van der Waals surface area contributed by atoms with Crippen LogP contribution in [0.2, 0.25) is 5.15 Å². The van der Waals surface area contributed by atoms with E-state index in [4.69, 9.17) is 11.6 Å². The third-order valence-corrected chi connectivity index (χ3v) is 4.75. The summed E-state index contributed by atoms with van der Waals surface area (Å²) in [6.45, 7) is 0.337. The van der Waals surface area contributed by atoms with Crippen molar-refractivity contribution in [3.8, 4) is 11.3 Å². The number of anilines is 1. The number of rotatable bonds is 4. The Kier molecular flexibility index (Phi) is 4.68. The Morgan fingerprint density at radius 1 is 1.22 bits per heavy atom. The van der Waals surface area contributed by atoms with Crippen molar-refractivity contribution in [3.63, 3.8) is 0 Å². The first-order chi connectivity index (χ1) is 13.1. The first-order valence-electron chi connectivity index (χ1n) is 8.56. The Morgan fingerprint density at radius 3 is 2.78 bits per heavy atom. The highest BCUT2D eigenvalue weighted by molar-refractivity contribution is 6.29. The molecule has 8 heteroatoms. The number of aromatic nitrogens is 4. The molecule has 0 radical (unpaired) electrons. The van der Waals surface area contributed by atoms with Gasteiger partial charge in [-0.25, -0.2) is 4.98 Å². The molecule has 4 heterocycles. The summed E-state index contributed by atoms with van der Waals surface area (Å²) in [5.74, 6) is 0.306. The zero-order valence-electron chi connectivity index (χ0n) is 14.4. The number of aromatic amines is 1. The van der Waals surface area contributed by atoms with Crippen molar-refractivity contribution in [1.82, 2.24) is 20.2 Å². The van der Waals surface area contributed by atoms with Crippen LogP contribution >= 0.6 is 11.6 Å². The third kappa shape index (κ3) is 3.46. The summed E-state index contributed by atoms with van der Waals surface area (Å²) in [7, 11) is 0. The second-order valence-electron chi connectivity index (χ2n) is 6.24. The highest BCUT2D eigenvalue weighted by Gasteiger charge is 2.32. The summed E-state index contributed by atoms with van der Waals surface area (Å²) < 4.78 is 0. The number of nitrogens with one attached hydrogen (secondary N) is 1. The average Bonchev–Trinajstić information content (AvgIpc) is 3.14. The molecule has 0 bridgehead atoms. The van der Waals surface area contributed by atoms with E-state index in [9.17, 15) is 9.59 Å². The number of hydrogen-bond acceptors (Lipinski definition) is 5. The largest absolute Gasteiger partial charge is 0.294 e. The fraction of sp³-hybridized carbons (Fsp3) is 0.211. The second-order valence-corrected chi connectivity index (χ2v) is 6.63. The number of halogens is 1. The van der Waals surface area contributed by atoms with E-state index < -0.39 is 0 Å². The molecule has 4 rings (SSSR count). The fourth-order valence-electron chi connectivity index (χ4n) is 3.15. The molecular formula is C19H16ClN5O2. The minimum Gasteiger partial charge on any atom is -0.294 e. The van der Waals surface area contributed by atoms with Gasteiger partial charge in [-0.2, -0.15) is 5.10 Å². The van der Waals surface area contributed by atoms with Crippen molar-refractivity contribution in [2.75, 3.05) is 11.4 Å². The molecule has 0 spiro atoms. The van der Waals surface area contributed by atoms with E-state index in [0.29, 0.717) is 41.6 Å². The van der Waals surface area contributed by atoms with E-state index in [1.54, 1.807) is 41.7 Å². The van der Waals surface area contributed by atoms with Crippen LogP contribution in [0.4, 0.5) is 5.82 Å². The third-order valence-electron chi connectivity index (χ3n) is 4.53. The van der Waals surface area contributed by atoms with E-state index >= 15 is 0 Å². The van der Waals surface area contributed by atoms with Crippen LogP contribution in [-0.2, 0) is 11.2 Å². The van der Waals surface area contributed by atoms with Crippen LogP contribution < -0.4 is 4.90 Å². The number of fused-ring (bicyclic) bond motifs is 1. The topological polar surface area (TPSA) is 91.8 Å². The lowest BCUT2D eigenvalue weighted by Gasteiger charge is -2.25. The molecule has 0 saturated carbocycles. The van der Waals surface area contributed by atoms with Crippen LogP contribution in [-0.4, -0.2) is 38.4 Å². The highest BCUT2D eigenvalue weighted by atomic mass is 35.5. The molecule has 0 aromatic carbocycles. The van der Waals surface area contributed by atoms with Gasteiger partial charge in [0.2, 0.25) is 5.91 Å². The van der Waals surface area contributed by atoms with Crippen LogP contribution in [0, 0.1) is 0 Å². The number of Topliss-reactive ketones (excluding diaryl/α,β-unsaturated/α-hetero) is 1. The normalized spacial score (nSPS) is 13.5. The van der Waals surface area contributed by atoms with E-state index in [-0.39, 0.29) is 18.1 Å². The molecule has 0 aliphatic carbocycles. The molecule has 3 aromatic rings. The number of hydrogen-bond donors (Lipinski definition) is 1. The summed E-state index contributed by atoms with van der Waals surface area (Å²) in [6.07, 6.45) is 6.09.